The number of hydrogen-bond acceptors (Lipinski definition) is 4. The summed E-state index contributed by atoms with van der Waals surface area (Å²) < 4.78 is 0. The molecule has 0 aliphatic rings. The molecule has 1 heterocycles. The summed E-state index contributed by atoms with van der Waals surface area (Å²) in [6.45, 7) is 1.98. The lowest BCUT2D eigenvalue weighted by Crippen LogP contribution is -2.16. The van der Waals surface area contributed by atoms with Crippen LogP contribution < -0.4 is 5.32 Å². The number of hydrogen-bond donors (Lipinski definition) is 3. The monoisotopic (exact) mass is 370 g/mol. The van der Waals surface area contributed by atoms with Crippen LogP contribution in [0.1, 0.15) is 30.8 Å². The molecule has 26 heavy (non-hydrogen) atoms. The van der Waals surface area contributed by atoms with E-state index in [4.69, 9.17) is 11.6 Å². The van der Waals surface area contributed by atoms with Gasteiger partial charge in [0.25, 0.3) is 0 Å². The predicted octanol–water partition coefficient (Wildman–Crippen LogP) is 3.75. The minimum absolute atomic E-state index is 0.0653. The van der Waals surface area contributed by atoms with Gasteiger partial charge in [-0.1, -0.05) is 42.8 Å². The molecule has 2 aromatic carbocycles. The average molecular weight is 371 g/mol. The van der Waals surface area contributed by atoms with Crippen LogP contribution >= 0.6 is 11.6 Å². The second-order valence-electron chi connectivity index (χ2n) is 5.82. The van der Waals surface area contributed by atoms with Crippen molar-refractivity contribution < 1.29 is 9.90 Å². The molecule has 3 aromatic rings. The number of aromatic amines is 1. The van der Waals surface area contributed by atoms with E-state index in [-0.39, 0.29) is 12.3 Å². The Morgan fingerprint density at radius 1 is 1.23 bits per heavy atom. The molecule has 0 aliphatic carbocycles. The Bertz CT molecular complexity index is 893. The molecule has 1 amide bonds. The van der Waals surface area contributed by atoms with E-state index < -0.39 is 6.10 Å². The van der Waals surface area contributed by atoms with Gasteiger partial charge in [-0.05, 0) is 29.8 Å². The summed E-state index contributed by atoms with van der Waals surface area (Å²) in [6, 6.07) is 14.1. The molecule has 1 atom stereocenters. The lowest BCUT2D eigenvalue weighted by atomic mass is 10.1. The van der Waals surface area contributed by atoms with Crippen molar-refractivity contribution >= 4 is 23.2 Å². The fourth-order valence-electron chi connectivity index (χ4n) is 2.54. The van der Waals surface area contributed by atoms with Crippen LogP contribution in [-0.4, -0.2) is 26.2 Å². The minimum Gasteiger partial charge on any atom is -0.388 e. The van der Waals surface area contributed by atoms with Gasteiger partial charge in [0.2, 0.25) is 5.91 Å². The summed E-state index contributed by atoms with van der Waals surface area (Å²) in [4.78, 5) is 16.8. The Balaban J connectivity index is 1.72. The number of halogens is 1. The fourth-order valence-corrected chi connectivity index (χ4v) is 2.67. The second-order valence-corrected chi connectivity index (χ2v) is 6.26. The molecule has 0 aliphatic heterocycles. The summed E-state index contributed by atoms with van der Waals surface area (Å²) in [5.74, 6) is 1.00. The number of carbonyl (C=O) groups is 1. The van der Waals surface area contributed by atoms with E-state index in [1.54, 1.807) is 30.3 Å². The molecule has 0 fully saturated rings. The van der Waals surface area contributed by atoms with Gasteiger partial charge in [0.05, 0.1) is 18.2 Å². The van der Waals surface area contributed by atoms with E-state index in [1.807, 2.05) is 25.1 Å². The first-order valence-corrected chi connectivity index (χ1v) is 8.68. The van der Waals surface area contributed by atoms with Crippen LogP contribution in [0.5, 0.6) is 0 Å². The maximum atomic E-state index is 12.4. The molecule has 3 rings (SSSR count). The van der Waals surface area contributed by atoms with Crippen LogP contribution in [-0.2, 0) is 11.2 Å². The van der Waals surface area contributed by atoms with Gasteiger partial charge in [0, 0.05) is 17.0 Å². The van der Waals surface area contributed by atoms with Gasteiger partial charge in [0.15, 0.2) is 5.82 Å². The van der Waals surface area contributed by atoms with Crippen molar-refractivity contribution in [3.8, 4) is 11.4 Å². The first kappa shape index (κ1) is 18.1. The fraction of sp³-hybridized carbons (Fsp3) is 0.211. The molecule has 6 nitrogen and oxygen atoms in total. The van der Waals surface area contributed by atoms with Gasteiger partial charge in [-0.25, -0.2) is 4.98 Å². The number of aliphatic hydroxyl groups excluding tert-OH is 1. The third-order valence-electron chi connectivity index (χ3n) is 3.94. The number of nitrogens with zero attached hydrogens (tertiary/aromatic N) is 2. The molecule has 3 N–H and O–H groups in total. The number of aliphatic hydroxyl groups is 1. The maximum Gasteiger partial charge on any atom is 0.227 e. The zero-order chi connectivity index (χ0) is 18.5. The zero-order valence-electron chi connectivity index (χ0n) is 14.2. The minimum atomic E-state index is -0.908. The van der Waals surface area contributed by atoms with Crippen molar-refractivity contribution in [3.05, 3.63) is 64.9 Å². The molecule has 0 saturated carbocycles. The molecule has 0 radical (unpaired) electrons. The molecule has 1 unspecified atom stereocenters. The van der Waals surface area contributed by atoms with Crippen molar-refractivity contribution in [2.45, 2.75) is 25.9 Å². The van der Waals surface area contributed by atoms with Gasteiger partial charge in [-0.3, -0.25) is 9.89 Å². The summed E-state index contributed by atoms with van der Waals surface area (Å²) in [7, 11) is 0. The van der Waals surface area contributed by atoms with Gasteiger partial charge < -0.3 is 10.4 Å². The Labute approximate surface area is 156 Å². The first-order valence-electron chi connectivity index (χ1n) is 8.31. The molecule has 0 saturated heterocycles. The Morgan fingerprint density at radius 3 is 2.65 bits per heavy atom. The van der Waals surface area contributed by atoms with E-state index >= 15 is 0 Å². The van der Waals surface area contributed by atoms with Gasteiger partial charge >= 0.3 is 0 Å². The maximum absolute atomic E-state index is 12.4. The highest BCUT2D eigenvalue weighted by molar-refractivity contribution is 6.30. The summed E-state index contributed by atoms with van der Waals surface area (Å²) in [5, 5.41) is 20.7. The van der Waals surface area contributed by atoms with Gasteiger partial charge in [-0.2, -0.15) is 5.10 Å². The van der Waals surface area contributed by atoms with Crippen LogP contribution in [0.3, 0.4) is 0 Å². The molecule has 0 bridgehead atoms. The van der Waals surface area contributed by atoms with Gasteiger partial charge in [-0.15, -0.1) is 0 Å². The largest absolute Gasteiger partial charge is 0.388 e. The number of aromatic nitrogens is 3. The highest BCUT2D eigenvalue weighted by Crippen LogP contribution is 2.26. The van der Waals surface area contributed by atoms with Crippen molar-refractivity contribution in [1.82, 2.24) is 15.2 Å². The van der Waals surface area contributed by atoms with Gasteiger partial charge in [0.1, 0.15) is 5.82 Å². The summed E-state index contributed by atoms with van der Waals surface area (Å²) >= 11 is 5.84. The highest BCUT2D eigenvalue weighted by Gasteiger charge is 2.16. The van der Waals surface area contributed by atoms with Crippen LogP contribution in [0.4, 0.5) is 5.69 Å². The van der Waals surface area contributed by atoms with Crippen molar-refractivity contribution in [2.75, 3.05) is 5.32 Å². The smallest absolute Gasteiger partial charge is 0.227 e. The summed E-state index contributed by atoms with van der Waals surface area (Å²) in [5.41, 5.74) is 1.96. The van der Waals surface area contributed by atoms with E-state index in [2.05, 4.69) is 20.5 Å². The van der Waals surface area contributed by atoms with Crippen LogP contribution in [0.2, 0.25) is 5.02 Å². The highest BCUT2D eigenvalue weighted by atomic mass is 35.5. The topological polar surface area (TPSA) is 90.9 Å². The third-order valence-corrected chi connectivity index (χ3v) is 4.19. The van der Waals surface area contributed by atoms with E-state index in [0.717, 1.165) is 17.8 Å². The normalized spacial score (nSPS) is 12.0. The lowest BCUT2D eigenvalue weighted by Gasteiger charge is -2.13. The number of carbonyl (C=O) groups excluding carboxylic acids is 1. The SMILES string of the molecule is CCc1nc(-c2ccccc2NC(=O)CC(O)c2ccc(Cl)cc2)n[nH]1. The standard InChI is InChI=1S/C19H19ClN4O2/c1-2-17-22-19(24-23-17)14-5-3-4-6-15(14)21-18(26)11-16(25)12-7-9-13(20)10-8-12/h3-10,16,25H,2,11H2,1H3,(H,21,26)(H,22,23,24). The number of amides is 1. The number of nitrogens with one attached hydrogen (secondary N) is 2. The van der Waals surface area contributed by atoms with Crippen LogP contribution in [0, 0.1) is 0 Å². The lowest BCUT2D eigenvalue weighted by molar-refractivity contribution is -0.118. The average Bonchev–Trinajstić information content (AvgIpc) is 3.11. The molecule has 1 aromatic heterocycles. The van der Waals surface area contributed by atoms with Crippen LogP contribution in [0.25, 0.3) is 11.4 Å². The molecule has 7 heteroatoms. The Kier molecular flexibility index (Phi) is 5.65. The molecule has 134 valence electrons. The number of benzene rings is 2. The molecule has 0 spiro atoms. The van der Waals surface area contributed by atoms with Crippen molar-refractivity contribution in [2.24, 2.45) is 0 Å². The predicted molar refractivity (Wildman–Crippen MR) is 101 cm³/mol. The van der Waals surface area contributed by atoms with E-state index in [1.165, 1.54) is 0 Å². The number of rotatable bonds is 6. The van der Waals surface area contributed by atoms with Crippen molar-refractivity contribution in [3.63, 3.8) is 0 Å². The molecular formula is C19H19ClN4O2. The number of anilines is 1. The van der Waals surface area contributed by atoms with E-state index in [0.29, 0.717) is 22.1 Å². The van der Waals surface area contributed by atoms with E-state index in [9.17, 15) is 9.90 Å². The number of para-hydroxylation sites is 1. The zero-order valence-corrected chi connectivity index (χ0v) is 15.0. The summed E-state index contributed by atoms with van der Waals surface area (Å²) in [6.07, 6.45) is -0.228. The van der Waals surface area contributed by atoms with Crippen LogP contribution in [0.15, 0.2) is 48.5 Å². The third kappa shape index (κ3) is 4.28. The Hall–Kier alpha value is -2.70. The van der Waals surface area contributed by atoms with Crippen molar-refractivity contribution in [1.29, 1.82) is 0 Å². The first-order chi connectivity index (χ1) is 12.6. The molecular weight excluding hydrogens is 352 g/mol. The second kappa shape index (κ2) is 8.12. The number of aryl methyl sites for hydroxylation is 1. The quantitative estimate of drug-likeness (QED) is 0.616. The Morgan fingerprint density at radius 2 is 1.96 bits per heavy atom. The number of H-pyrrole nitrogens is 1.